The van der Waals surface area contributed by atoms with Crippen molar-refractivity contribution in [1.82, 2.24) is 0 Å². The molecule has 0 spiro atoms. The van der Waals surface area contributed by atoms with Gasteiger partial charge in [-0.05, 0) is 46.3 Å². The highest BCUT2D eigenvalue weighted by Gasteiger charge is 2.17. The summed E-state index contributed by atoms with van der Waals surface area (Å²) in [6.07, 6.45) is 0. The van der Waals surface area contributed by atoms with Crippen LogP contribution in [-0.4, -0.2) is 20.0 Å². The van der Waals surface area contributed by atoms with Gasteiger partial charge in [0.15, 0.2) is 0 Å². The normalized spacial score (nSPS) is 10.3. The maximum absolute atomic E-state index is 13.8. The number of rotatable bonds is 3. The number of nitrogens with one attached hydrogen (secondary N) is 1. The number of carbonyl (C=O) groups excluding carboxylic acids is 1. The fourth-order valence-electron chi connectivity index (χ4n) is 1.90. The van der Waals surface area contributed by atoms with E-state index in [1.807, 2.05) is 31.1 Å². The van der Waals surface area contributed by atoms with Gasteiger partial charge in [0.05, 0.1) is 16.9 Å². The van der Waals surface area contributed by atoms with Crippen molar-refractivity contribution in [1.29, 1.82) is 0 Å². The SMILES string of the molecule is CN(C)c1ccc(Br)cc1NC(=O)c1c(F)cccc1Br. The van der Waals surface area contributed by atoms with Gasteiger partial charge in [-0.1, -0.05) is 22.0 Å². The predicted molar refractivity (Wildman–Crippen MR) is 90.5 cm³/mol. The summed E-state index contributed by atoms with van der Waals surface area (Å²) in [5.74, 6) is -1.07. The quantitative estimate of drug-likeness (QED) is 0.789. The fourth-order valence-corrected chi connectivity index (χ4v) is 2.78. The van der Waals surface area contributed by atoms with Crippen molar-refractivity contribution >= 4 is 49.1 Å². The zero-order chi connectivity index (χ0) is 15.6. The minimum atomic E-state index is -0.566. The van der Waals surface area contributed by atoms with Gasteiger partial charge in [-0.25, -0.2) is 4.39 Å². The van der Waals surface area contributed by atoms with Gasteiger partial charge in [0.25, 0.3) is 5.91 Å². The zero-order valence-corrected chi connectivity index (χ0v) is 14.6. The first-order valence-corrected chi connectivity index (χ1v) is 7.71. The molecule has 1 amide bonds. The molecule has 0 aliphatic heterocycles. The van der Waals surface area contributed by atoms with E-state index in [0.29, 0.717) is 10.2 Å². The molecule has 110 valence electrons. The Hall–Kier alpha value is -1.40. The summed E-state index contributed by atoms with van der Waals surface area (Å²) in [5.41, 5.74) is 1.43. The van der Waals surface area contributed by atoms with Crippen LogP contribution in [-0.2, 0) is 0 Å². The van der Waals surface area contributed by atoms with Gasteiger partial charge in [-0.2, -0.15) is 0 Å². The van der Waals surface area contributed by atoms with Crippen LogP contribution in [0.2, 0.25) is 0 Å². The van der Waals surface area contributed by atoms with E-state index in [2.05, 4.69) is 37.2 Å². The molecule has 2 aromatic rings. The highest BCUT2D eigenvalue weighted by molar-refractivity contribution is 9.10. The van der Waals surface area contributed by atoms with Crippen molar-refractivity contribution < 1.29 is 9.18 Å². The van der Waals surface area contributed by atoms with Crippen LogP contribution >= 0.6 is 31.9 Å². The molecule has 2 aromatic carbocycles. The Balaban J connectivity index is 2.38. The van der Waals surface area contributed by atoms with Crippen LogP contribution in [0.25, 0.3) is 0 Å². The van der Waals surface area contributed by atoms with Gasteiger partial charge >= 0.3 is 0 Å². The molecule has 0 radical (unpaired) electrons. The molecule has 0 fully saturated rings. The number of carbonyl (C=O) groups is 1. The van der Waals surface area contributed by atoms with Crippen LogP contribution < -0.4 is 10.2 Å². The van der Waals surface area contributed by atoms with Crippen molar-refractivity contribution in [2.45, 2.75) is 0 Å². The van der Waals surface area contributed by atoms with Crippen molar-refractivity contribution in [2.75, 3.05) is 24.3 Å². The topological polar surface area (TPSA) is 32.3 Å². The molecule has 0 atom stereocenters. The molecule has 0 saturated heterocycles. The standard InChI is InChI=1S/C15H13Br2FN2O/c1-20(2)13-7-6-9(16)8-12(13)19-15(21)14-10(17)4-3-5-11(14)18/h3-8H,1-2H3,(H,19,21). The summed E-state index contributed by atoms with van der Waals surface area (Å²) >= 11 is 6.57. The third-order valence-electron chi connectivity index (χ3n) is 2.88. The van der Waals surface area contributed by atoms with E-state index in [9.17, 15) is 9.18 Å². The first-order chi connectivity index (χ1) is 9.90. The number of anilines is 2. The molecule has 0 bridgehead atoms. The summed E-state index contributed by atoms with van der Waals surface area (Å²) in [6.45, 7) is 0. The Morgan fingerprint density at radius 1 is 1.19 bits per heavy atom. The largest absolute Gasteiger partial charge is 0.376 e. The van der Waals surface area contributed by atoms with E-state index in [-0.39, 0.29) is 5.56 Å². The van der Waals surface area contributed by atoms with Gasteiger partial charge in [0.1, 0.15) is 5.82 Å². The Labute approximate surface area is 139 Å². The minimum Gasteiger partial charge on any atom is -0.376 e. The molecule has 0 aliphatic carbocycles. The number of amides is 1. The average Bonchev–Trinajstić information content (AvgIpc) is 2.38. The summed E-state index contributed by atoms with van der Waals surface area (Å²) in [5, 5.41) is 2.75. The van der Waals surface area contributed by atoms with Crippen LogP contribution in [0.1, 0.15) is 10.4 Å². The molecule has 0 heterocycles. The smallest absolute Gasteiger partial charge is 0.259 e. The van der Waals surface area contributed by atoms with E-state index >= 15 is 0 Å². The van der Waals surface area contributed by atoms with Crippen molar-refractivity contribution in [3.05, 3.63) is 56.7 Å². The van der Waals surface area contributed by atoms with Crippen LogP contribution in [0.3, 0.4) is 0 Å². The predicted octanol–water partition coefficient (Wildman–Crippen LogP) is 4.67. The summed E-state index contributed by atoms with van der Waals surface area (Å²) < 4.78 is 15.1. The zero-order valence-electron chi connectivity index (χ0n) is 11.5. The van der Waals surface area contributed by atoms with E-state index in [1.165, 1.54) is 6.07 Å². The molecule has 6 heteroatoms. The summed E-state index contributed by atoms with van der Waals surface area (Å²) in [4.78, 5) is 14.2. The maximum Gasteiger partial charge on any atom is 0.259 e. The molecule has 3 nitrogen and oxygen atoms in total. The summed E-state index contributed by atoms with van der Waals surface area (Å²) in [6, 6.07) is 9.96. The Morgan fingerprint density at radius 3 is 2.52 bits per heavy atom. The highest BCUT2D eigenvalue weighted by atomic mass is 79.9. The lowest BCUT2D eigenvalue weighted by Crippen LogP contribution is -2.18. The van der Waals surface area contributed by atoms with E-state index in [4.69, 9.17) is 0 Å². The van der Waals surface area contributed by atoms with Crippen molar-refractivity contribution in [3.63, 3.8) is 0 Å². The highest BCUT2D eigenvalue weighted by Crippen LogP contribution is 2.29. The van der Waals surface area contributed by atoms with Crippen LogP contribution in [0.5, 0.6) is 0 Å². The molecule has 0 saturated carbocycles. The first kappa shape index (κ1) is 16.0. The van der Waals surface area contributed by atoms with Gasteiger partial charge in [-0.3, -0.25) is 4.79 Å². The lowest BCUT2D eigenvalue weighted by molar-refractivity contribution is 0.102. The second kappa shape index (κ2) is 6.58. The molecule has 2 rings (SSSR count). The third-order valence-corrected chi connectivity index (χ3v) is 4.03. The number of hydrogen-bond acceptors (Lipinski definition) is 2. The Kier molecular flexibility index (Phi) is 5.00. The van der Waals surface area contributed by atoms with E-state index < -0.39 is 11.7 Å². The van der Waals surface area contributed by atoms with E-state index in [0.717, 1.165) is 10.2 Å². The van der Waals surface area contributed by atoms with Gasteiger partial charge in [-0.15, -0.1) is 0 Å². The number of hydrogen-bond donors (Lipinski definition) is 1. The monoisotopic (exact) mass is 414 g/mol. The maximum atomic E-state index is 13.8. The van der Waals surface area contributed by atoms with Crippen LogP contribution in [0, 0.1) is 5.82 Å². The molecular weight excluding hydrogens is 403 g/mol. The Bertz CT molecular complexity index is 669. The van der Waals surface area contributed by atoms with Crippen molar-refractivity contribution in [2.24, 2.45) is 0 Å². The lowest BCUT2D eigenvalue weighted by atomic mass is 10.2. The molecular formula is C15H13Br2FN2O. The Morgan fingerprint density at radius 2 is 1.90 bits per heavy atom. The second-order valence-corrected chi connectivity index (χ2v) is 6.38. The average molecular weight is 416 g/mol. The van der Waals surface area contributed by atoms with Crippen LogP contribution in [0.4, 0.5) is 15.8 Å². The van der Waals surface area contributed by atoms with Crippen LogP contribution in [0.15, 0.2) is 45.3 Å². The molecule has 0 unspecified atom stereocenters. The van der Waals surface area contributed by atoms with Gasteiger partial charge in [0.2, 0.25) is 0 Å². The lowest BCUT2D eigenvalue weighted by Gasteiger charge is -2.18. The van der Waals surface area contributed by atoms with Gasteiger partial charge < -0.3 is 10.2 Å². The van der Waals surface area contributed by atoms with E-state index in [1.54, 1.807) is 18.2 Å². The second-order valence-electron chi connectivity index (χ2n) is 4.61. The molecule has 0 aliphatic rings. The van der Waals surface area contributed by atoms with Gasteiger partial charge in [0, 0.05) is 23.0 Å². The molecule has 0 aromatic heterocycles. The van der Waals surface area contributed by atoms with Crippen molar-refractivity contribution in [3.8, 4) is 0 Å². The number of nitrogens with zero attached hydrogens (tertiary/aromatic N) is 1. The first-order valence-electron chi connectivity index (χ1n) is 6.12. The molecule has 1 N–H and O–H groups in total. The summed E-state index contributed by atoms with van der Waals surface area (Å²) in [7, 11) is 3.75. The number of benzene rings is 2. The molecule has 21 heavy (non-hydrogen) atoms. The third kappa shape index (κ3) is 3.63. The minimum absolute atomic E-state index is 0.0119. The fraction of sp³-hybridized carbons (Fsp3) is 0.133. The number of halogens is 3.